The Kier molecular flexibility index (Phi) is 4.72. The number of carbonyl (C=O) groups is 2. The summed E-state index contributed by atoms with van der Waals surface area (Å²) in [6, 6.07) is 15.3. The molecule has 0 bridgehead atoms. The number of carboxylic acids is 1. The van der Waals surface area contributed by atoms with Crippen LogP contribution in [-0.4, -0.2) is 41.9 Å². The maximum atomic E-state index is 12.1. The van der Waals surface area contributed by atoms with Crippen LogP contribution in [0.15, 0.2) is 48.5 Å². The van der Waals surface area contributed by atoms with Crippen LogP contribution < -0.4 is 5.43 Å². The zero-order valence-corrected chi connectivity index (χ0v) is 14.1. The minimum Gasteiger partial charge on any atom is -0.480 e. The molecule has 6 heteroatoms. The first-order valence-corrected chi connectivity index (χ1v) is 8.06. The SMILES string of the molecule is CC(NN(C)C(=O)OCC1c2ccccc2-c2ccccc21)C(=O)O. The predicted molar refractivity (Wildman–Crippen MR) is 93.1 cm³/mol. The highest BCUT2D eigenvalue weighted by atomic mass is 16.6. The van der Waals surface area contributed by atoms with Gasteiger partial charge >= 0.3 is 12.1 Å². The molecular weight excluding hydrogens is 320 g/mol. The van der Waals surface area contributed by atoms with Gasteiger partial charge in [0.2, 0.25) is 0 Å². The van der Waals surface area contributed by atoms with Crippen molar-refractivity contribution in [2.45, 2.75) is 18.9 Å². The van der Waals surface area contributed by atoms with Gasteiger partial charge in [-0.25, -0.2) is 15.2 Å². The third-order valence-electron chi connectivity index (χ3n) is 4.37. The highest BCUT2D eigenvalue weighted by Crippen LogP contribution is 2.44. The van der Waals surface area contributed by atoms with Gasteiger partial charge in [0.05, 0.1) is 0 Å². The molecule has 2 aromatic rings. The highest BCUT2D eigenvalue weighted by Gasteiger charge is 2.29. The topological polar surface area (TPSA) is 78.9 Å². The number of fused-ring (bicyclic) bond motifs is 3. The van der Waals surface area contributed by atoms with Gasteiger partial charge in [-0.15, -0.1) is 0 Å². The second-order valence-electron chi connectivity index (χ2n) is 6.05. The molecule has 1 aliphatic rings. The molecule has 0 aliphatic heterocycles. The Morgan fingerprint density at radius 3 is 2.16 bits per heavy atom. The smallest absolute Gasteiger partial charge is 0.424 e. The van der Waals surface area contributed by atoms with E-state index >= 15 is 0 Å². The first-order valence-electron chi connectivity index (χ1n) is 8.06. The van der Waals surface area contributed by atoms with E-state index in [9.17, 15) is 9.59 Å². The monoisotopic (exact) mass is 340 g/mol. The predicted octanol–water partition coefficient (Wildman–Crippen LogP) is 2.85. The maximum Gasteiger partial charge on any atom is 0.424 e. The van der Waals surface area contributed by atoms with E-state index in [0.717, 1.165) is 27.3 Å². The minimum atomic E-state index is -1.04. The molecule has 0 spiro atoms. The Hall–Kier alpha value is -2.86. The van der Waals surface area contributed by atoms with Gasteiger partial charge in [-0.05, 0) is 29.2 Å². The van der Waals surface area contributed by atoms with Gasteiger partial charge in [0.25, 0.3) is 0 Å². The number of carbonyl (C=O) groups excluding carboxylic acids is 1. The lowest BCUT2D eigenvalue weighted by atomic mass is 9.98. The number of aliphatic carboxylic acids is 1. The lowest BCUT2D eigenvalue weighted by Gasteiger charge is -2.22. The van der Waals surface area contributed by atoms with Crippen molar-refractivity contribution >= 4 is 12.1 Å². The van der Waals surface area contributed by atoms with Gasteiger partial charge in [-0.3, -0.25) is 4.79 Å². The van der Waals surface area contributed by atoms with Crippen molar-refractivity contribution in [3.05, 3.63) is 59.7 Å². The summed E-state index contributed by atoms with van der Waals surface area (Å²) in [5.74, 6) is -1.07. The maximum absolute atomic E-state index is 12.1. The third kappa shape index (κ3) is 3.34. The lowest BCUT2D eigenvalue weighted by molar-refractivity contribution is -0.140. The van der Waals surface area contributed by atoms with Crippen molar-refractivity contribution in [2.24, 2.45) is 0 Å². The second-order valence-corrected chi connectivity index (χ2v) is 6.05. The van der Waals surface area contributed by atoms with Crippen LogP contribution in [0.4, 0.5) is 4.79 Å². The van der Waals surface area contributed by atoms with Crippen molar-refractivity contribution in [3.8, 4) is 11.1 Å². The van der Waals surface area contributed by atoms with E-state index in [1.54, 1.807) is 0 Å². The van der Waals surface area contributed by atoms with E-state index in [2.05, 4.69) is 17.6 Å². The summed E-state index contributed by atoms with van der Waals surface area (Å²) >= 11 is 0. The molecule has 130 valence electrons. The number of hydrogen-bond acceptors (Lipinski definition) is 4. The Bertz CT molecular complexity index is 760. The molecular formula is C19H20N2O4. The van der Waals surface area contributed by atoms with Gasteiger partial charge in [-0.1, -0.05) is 48.5 Å². The van der Waals surface area contributed by atoms with E-state index in [4.69, 9.17) is 9.84 Å². The van der Waals surface area contributed by atoms with Crippen molar-refractivity contribution in [1.82, 2.24) is 10.4 Å². The third-order valence-corrected chi connectivity index (χ3v) is 4.37. The molecule has 1 atom stereocenters. The first kappa shape index (κ1) is 17.0. The number of nitrogens with zero attached hydrogens (tertiary/aromatic N) is 1. The van der Waals surface area contributed by atoms with Gasteiger partial charge in [-0.2, -0.15) is 0 Å². The molecule has 3 rings (SSSR count). The molecule has 0 fully saturated rings. The number of hydrazine groups is 1. The van der Waals surface area contributed by atoms with Crippen LogP contribution in [0.3, 0.4) is 0 Å². The summed E-state index contributed by atoms with van der Waals surface area (Å²) in [5.41, 5.74) is 7.13. The van der Waals surface area contributed by atoms with E-state index in [1.807, 2.05) is 36.4 Å². The van der Waals surface area contributed by atoms with Crippen molar-refractivity contribution in [3.63, 3.8) is 0 Å². The first-order chi connectivity index (χ1) is 12.0. The molecule has 0 saturated heterocycles. The minimum absolute atomic E-state index is 0.0263. The molecule has 1 amide bonds. The summed E-state index contributed by atoms with van der Waals surface area (Å²) in [4.78, 5) is 23.0. The van der Waals surface area contributed by atoms with Gasteiger partial charge in [0.1, 0.15) is 12.6 Å². The molecule has 2 aromatic carbocycles. The average molecular weight is 340 g/mol. The van der Waals surface area contributed by atoms with Crippen LogP contribution in [0.2, 0.25) is 0 Å². The van der Waals surface area contributed by atoms with Gasteiger partial charge < -0.3 is 9.84 Å². The fourth-order valence-electron chi connectivity index (χ4n) is 3.09. The second kappa shape index (κ2) is 6.94. The van der Waals surface area contributed by atoms with Crippen LogP contribution in [0.25, 0.3) is 11.1 Å². The van der Waals surface area contributed by atoms with Crippen molar-refractivity contribution < 1.29 is 19.4 Å². The van der Waals surface area contributed by atoms with Crippen molar-refractivity contribution in [2.75, 3.05) is 13.7 Å². The number of nitrogens with one attached hydrogen (secondary N) is 1. The summed E-state index contributed by atoms with van der Waals surface area (Å²) < 4.78 is 5.41. The number of carboxylic acid groups (broad SMARTS) is 1. The Balaban J connectivity index is 1.71. The zero-order chi connectivity index (χ0) is 18.0. The zero-order valence-electron chi connectivity index (χ0n) is 14.1. The molecule has 25 heavy (non-hydrogen) atoms. The molecule has 0 saturated carbocycles. The Morgan fingerprint density at radius 1 is 1.12 bits per heavy atom. The molecule has 0 heterocycles. The average Bonchev–Trinajstić information content (AvgIpc) is 2.93. The standard InChI is InChI=1S/C19H20N2O4/c1-12(18(22)23)20-21(2)19(24)25-11-17-15-9-5-3-7-13(15)14-8-4-6-10-16(14)17/h3-10,12,17,20H,11H2,1-2H3,(H,22,23). The number of ether oxygens (including phenoxy) is 1. The largest absolute Gasteiger partial charge is 0.480 e. The molecule has 0 radical (unpaired) electrons. The number of rotatable bonds is 5. The van der Waals surface area contributed by atoms with Crippen LogP contribution in [0.1, 0.15) is 24.0 Å². The van der Waals surface area contributed by atoms with Crippen LogP contribution >= 0.6 is 0 Å². The fourth-order valence-corrected chi connectivity index (χ4v) is 3.09. The van der Waals surface area contributed by atoms with E-state index < -0.39 is 18.1 Å². The quantitative estimate of drug-likeness (QED) is 0.818. The normalized spacial score (nSPS) is 13.7. The molecule has 1 unspecified atom stereocenters. The number of benzene rings is 2. The molecule has 0 aromatic heterocycles. The molecule has 1 aliphatic carbocycles. The van der Waals surface area contributed by atoms with Gasteiger partial charge in [0.15, 0.2) is 0 Å². The number of amides is 1. The van der Waals surface area contributed by atoms with Crippen LogP contribution in [0.5, 0.6) is 0 Å². The summed E-state index contributed by atoms with van der Waals surface area (Å²) in [5, 5.41) is 9.95. The van der Waals surface area contributed by atoms with E-state index in [1.165, 1.54) is 14.0 Å². The summed E-state index contributed by atoms with van der Waals surface area (Å²) in [6.45, 7) is 1.65. The van der Waals surface area contributed by atoms with E-state index in [0.29, 0.717) is 0 Å². The fraction of sp³-hybridized carbons (Fsp3) is 0.263. The number of hydrogen-bond donors (Lipinski definition) is 2. The van der Waals surface area contributed by atoms with Crippen molar-refractivity contribution in [1.29, 1.82) is 0 Å². The summed E-state index contributed by atoms with van der Waals surface area (Å²) in [7, 11) is 1.44. The molecule has 2 N–H and O–H groups in total. The Labute approximate surface area is 146 Å². The van der Waals surface area contributed by atoms with E-state index in [-0.39, 0.29) is 12.5 Å². The Morgan fingerprint density at radius 2 is 1.64 bits per heavy atom. The molecule has 6 nitrogen and oxygen atoms in total. The lowest BCUT2D eigenvalue weighted by Crippen LogP contribution is -2.48. The highest BCUT2D eigenvalue weighted by molar-refractivity contribution is 5.79. The van der Waals surface area contributed by atoms with Gasteiger partial charge in [0, 0.05) is 13.0 Å². The summed E-state index contributed by atoms with van der Waals surface area (Å²) in [6.07, 6.45) is -0.616. The van der Waals surface area contributed by atoms with Crippen LogP contribution in [-0.2, 0) is 9.53 Å². The van der Waals surface area contributed by atoms with Crippen LogP contribution in [0, 0.1) is 0 Å².